The zero-order chi connectivity index (χ0) is 14.8. The highest BCUT2D eigenvalue weighted by Crippen LogP contribution is 2.24. The number of para-hydroxylation sites is 1. The molecule has 108 valence electrons. The number of hydrogen-bond donors (Lipinski definition) is 2. The summed E-state index contributed by atoms with van der Waals surface area (Å²) in [6.45, 7) is 6.11. The lowest BCUT2D eigenvalue weighted by Crippen LogP contribution is -2.17. The molecule has 0 saturated carbocycles. The van der Waals surface area contributed by atoms with Crippen LogP contribution in [0.25, 0.3) is 5.69 Å². The molecule has 0 saturated heterocycles. The number of nitrogens with zero attached hydrogens (tertiary/aromatic N) is 2. The molecular formula is C16H23N3O. The standard InChI is InChI=1S/C16H23N3O/c1-4-7-13-10-15(16(2,3)20)18-19(13)14-9-6-5-8-12(14)11-17/h5-6,8-10,20H,4,7,11,17H2,1-3H3. The van der Waals surface area contributed by atoms with Gasteiger partial charge in [-0.1, -0.05) is 31.5 Å². The van der Waals surface area contributed by atoms with Crippen molar-refractivity contribution >= 4 is 0 Å². The van der Waals surface area contributed by atoms with E-state index >= 15 is 0 Å². The van der Waals surface area contributed by atoms with Crippen molar-refractivity contribution in [1.29, 1.82) is 0 Å². The Hall–Kier alpha value is -1.65. The van der Waals surface area contributed by atoms with Crippen molar-refractivity contribution in [2.24, 2.45) is 5.73 Å². The molecule has 0 aliphatic heterocycles. The van der Waals surface area contributed by atoms with Crippen LogP contribution in [0.5, 0.6) is 0 Å². The van der Waals surface area contributed by atoms with E-state index in [9.17, 15) is 5.11 Å². The Morgan fingerprint density at radius 2 is 2.00 bits per heavy atom. The molecule has 0 bridgehead atoms. The molecule has 0 amide bonds. The summed E-state index contributed by atoms with van der Waals surface area (Å²) in [6, 6.07) is 9.97. The molecule has 0 unspecified atom stereocenters. The highest BCUT2D eigenvalue weighted by atomic mass is 16.3. The lowest BCUT2D eigenvalue weighted by molar-refractivity contribution is 0.0734. The molecule has 1 aromatic carbocycles. The number of benzene rings is 1. The van der Waals surface area contributed by atoms with Crippen LogP contribution in [0.1, 0.15) is 44.1 Å². The molecule has 0 radical (unpaired) electrons. The van der Waals surface area contributed by atoms with Crippen molar-refractivity contribution in [3.63, 3.8) is 0 Å². The lowest BCUT2D eigenvalue weighted by Gasteiger charge is -2.14. The summed E-state index contributed by atoms with van der Waals surface area (Å²) in [4.78, 5) is 0. The van der Waals surface area contributed by atoms with Gasteiger partial charge >= 0.3 is 0 Å². The molecule has 0 atom stereocenters. The van der Waals surface area contributed by atoms with Gasteiger partial charge in [-0.2, -0.15) is 5.10 Å². The second kappa shape index (κ2) is 5.77. The maximum Gasteiger partial charge on any atom is 0.103 e. The predicted octanol–water partition coefficient (Wildman–Crippen LogP) is 2.51. The Morgan fingerprint density at radius 3 is 2.60 bits per heavy atom. The van der Waals surface area contributed by atoms with Crippen molar-refractivity contribution in [3.05, 3.63) is 47.3 Å². The van der Waals surface area contributed by atoms with Gasteiger partial charge in [-0.05, 0) is 38.0 Å². The average molecular weight is 273 g/mol. The second-order valence-electron chi connectivity index (χ2n) is 5.57. The molecule has 0 aliphatic rings. The number of nitrogens with two attached hydrogens (primary N) is 1. The van der Waals surface area contributed by atoms with E-state index in [-0.39, 0.29) is 0 Å². The van der Waals surface area contributed by atoms with Crippen molar-refractivity contribution in [3.8, 4) is 5.69 Å². The smallest absolute Gasteiger partial charge is 0.103 e. The highest BCUT2D eigenvalue weighted by molar-refractivity contribution is 5.42. The maximum atomic E-state index is 10.2. The van der Waals surface area contributed by atoms with Gasteiger partial charge in [-0.25, -0.2) is 4.68 Å². The largest absolute Gasteiger partial charge is 0.384 e. The fraction of sp³-hybridized carbons (Fsp3) is 0.438. The quantitative estimate of drug-likeness (QED) is 0.879. The van der Waals surface area contributed by atoms with Crippen LogP contribution in [0.15, 0.2) is 30.3 Å². The molecule has 4 heteroatoms. The molecule has 1 heterocycles. The Bertz CT molecular complexity index is 582. The monoisotopic (exact) mass is 273 g/mol. The number of aromatic nitrogens is 2. The maximum absolute atomic E-state index is 10.2. The summed E-state index contributed by atoms with van der Waals surface area (Å²) in [5.41, 5.74) is 8.71. The van der Waals surface area contributed by atoms with Crippen molar-refractivity contribution in [2.45, 2.75) is 45.8 Å². The van der Waals surface area contributed by atoms with E-state index in [1.165, 1.54) is 0 Å². The third-order valence-electron chi connectivity index (χ3n) is 3.36. The fourth-order valence-corrected chi connectivity index (χ4v) is 2.25. The third kappa shape index (κ3) is 2.92. The summed E-state index contributed by atoms with van der Waals surface area (Å²) >= 11 is 0. The van der Waals surface area contributed by atoms with E-state index in [0.717, 1.165) is 29.8 Å². The van der Waals surface area contributed by atoms with E-state index in [2.05, 4.69) is 12.0 Å². The van der Waals surface area contributed by atoms with Gasteiger partial charge in [-0.3, -0.25) is 0 Å². The number of hydrogen-bond acceptors (Lipinski definition) is 3. The lowest BCUT2D eigenvalue weighted by atomic mass is 10.1. The van der Waals surface area contributed by atoms with E-state index < -0.39 is 5.60 Å². The summed E-state index contributed by atoms with van der Waals surface area (Å²) in [7, 11) is 0. The number of rotatable bonds is 5. The van der Waals surface area contributed by atoms with Crippen LogP contribution >= 0.6 is 0 Å². The first kappa shape index (κ1) is 14.8. The summed E-state index contributed by atoms with van der Waals surface area (Å²) in [5, 5.41) is 14.8. The zero-order valence-corrected chi connectivity index (χ0v) is 12.4. The van der Waals surface area contributed by atoms with E-state index in [0.29, 0.717) is 12.2 Å². The molecule has 4 nitrogen and oxygen atoms in total. The Balaban J connectivity index is 2.57. The molecule has 1 aromatic heterocycles. The minimum atomic E-state index is -0.939. The molecule has 3 N–H and O–H groups in total. The molecule has 2 rings (SSSR count). The van der Waals surface area contributed by atoms with Crippen molar-refractivity contribution in [1.82, 2.24) is 9.78 Å². The summed E-state index contributed by atoms with van der Waals surface area (Å²) in [5.74, 6) is 0. The van der Waals surface area contributed by atoms with E-state index in [1.54, 1.807) is 13.8 Å². The van der Waals surface area contributed by atoms with Gasteiger partial charge in [0.25, 0.3) is 0 Å². The molecule has 0 spiro atoms. The summed E-state index contributed by atoms with van der Waals surface area (Å²) in [6.07, 6.45) is 1.95. The Kier molecular flexibility index (Phi) is 4.26. The van der Waals surface area contributed by atoms with Crippen LogP contribution in [-0.2, 0) is 18.6 Å². The van der Waals surface area contributed by atoms with Crippen LogP contribution < -0.4 is 5.73 Å². The molecule has 2 aromatic rings. The first-order valence-corrected chi connectivity index (χ1v) is 7.07. The fourth-order valence-electron chi connectivity index (χ4n) is 2.25. The first-order chi connectivity index (χ1) is 9.47. The third-order valence-corrected chi connectivity index (χ3v) is 3.36. The molecule has 0 fully saturated rings. The summed E-state index contributed by atoms with van der Waals surface area (Å²) < 4.78 is 1.92. The molecule has 20 heavy (non-hydrogen) atoms. The van der Waals surface area contributed by atoms with E-state index in [4.69, 9.17) is 5.73 Å². The van der Waals surface area contributed by atoms with Gasteiger partial charge in [0.1, 0.15) is 5.60 Å². The van der Waals surface area contributed by atoms with Crippen LogP contribution in [0.3, 0.4) is 0 Å². The van der Waals surface area contributed by atoms with Crippen molar-refractivity contribution < 1.29 is 5.11 Å². The zero-order valence-electron chi connectivity index (χ0n) is 12.4. The van der Waals surface area contributed by atoms with Crippen LogP contribution in [0.4, 0.5) is 0 Å². The second-order valence-corrected chi connectivity index (χ2v) is 5.57. The topological polar surface area (TPSA) is 64.1 Å². The average Bonchev–Trinajstić information content (AvgIpc) is 2.83. The van der Waals surface area contributed by atoms with Gasteiger partial charge in [0.15, 0.2) is 0 Å². The number of aryl methyl sites for hydroxylation is 1. The van der Waals surface area contributed by atoms with Crippen LogP contribution in [0, 0.1) is 0 Å². The minimum absolute atomic E-state index is 0.472. The van der Waals surface area contributed by atoms with Gasteiger partial charge in [0.2, 0.25) is 0 Å². The SMILES string of the molecule is CCCc1cc(C(C)(C)O)nn1-c1ccccc1CN. The Labute approximate surface area is 120 Å². The highest BCUT2D eigenvalue weighted by Gasteiger charge is 2.22. The van der Waals surface area contributed by atoms with Crippen molar-refractivity contribution in [2.75, 3.05) is 0 Å². The van der Waals surface area contributed by atoms with Gasteiger partial charge in [0, 0.05) is 12.2 Å². The molecular weight excluding hydrogens is 250 g/mol. The Morgan fingerprint density at radius 1 is 1.30 bits per heavy atom. The van der Waals surface area contributed by atoms with E-state index in [1.807, 2.05) is 35.0 Å². The normalized spacial score (nSPS) is 11.8. The predicted molar refractivity (Wildman–Crippen MR) is 80.7 cm³/mol. The van der Waals surface area contributed by atoms with Crippen LogP contribution in [-0.4, -0.2) is 14.9 Å². The van der Waals surface area contributed by atoms with Gasteiger partial charge in [0.05, 0.1) is 11.4 Å². The first-order valence-electron chi connectivity index (χ1n) is 7.07. The number of aliphatic hydroxyl groups is 1. The van der Waals surface area contributed by atoms with Gasteiger partial charge in [-0.15, -0.1) is 0 Å². The van der Waals surface area contributed by atoms with Gasteiger partial charge < -0.3 is 10.8 Å². The molecule has 0 aliphatic carbocycles. The minimum Gasteiger partial charge on any atom is -0.384 e. The van der Waals surface area contributed by atoms with Crippen LogP contribution in [0.2, 0.25) is 0 Å².